The third-order valence-corrected chi connectivity index (χ3v) is 7.46. The number of benzene rings is 1. The summed E-state index contributed by atoms with van der Waals surface area (Å²) in [5.74, 6) is 2.12. The largest absolute Gasteiger partial charge is 0.421 e. The Bertz CT molecular complexity index is 1430. The van der Waals surface area contributed by atoms with Crippen molar-refractivity contribution < 1.29 is 9.13 Å². The van der Waals surface area contributed by atoms with Gasteiger partial charge in [0.25, 0.3) is 0 Å². The first-order valence-electron chi connectivity index (χ1n) is 11.2. The molecule has 2 aliphatic heterocycles. The number of aromatic amines is 1. The minimum absolute atomic E-state index is 0.155. The molecule has 33 heavy (non-hydrogen) atoms. The molecule has 1 aliphatic carbocycles. The lowest BCUT2D eigenvalue weighted by Crippen LogP contribution is -2.62. The fourth-order valence-electron chi connectivity index (χ4n) is 6.08. The smallest absolute Gasteiger partial charge is 0.326 e. The van der Waals surface area contributed by atoms with E-state index in [4.69, 9.17) is 15.5 Å². The van der Waals surface area contributed by atoms with E-state index >= 15 is 4.39 Å². The lowest BCUT2D eigenvalue weighted by atomic mass is 9.79. The van der Waals surface area contributed by atoms with E-state index in [1.165, 1.54) is 0 Å². The quantitative estimate of drug-likeness (QED) is 0.440. The predicted octanol–water partition coefficient (Wildman–Crippen LogP) is 3.03. The van der Waals surface area contributed by atoms with E-state index in [-0.39, 0.29) is 23.9 Å². The molecule has 0 radical (unpaired) electrons. The number of nitrogens with two attached hydrogens (primary N) is 1. The second-order valence-corrected chi connectivity index (χ2v) is 9.27. The number of H-pyrrole nitrogens is 1. The van der Waals surface area contributed by atoms with Crippen molar-refractivity contribution in [2.45, 2.75) is 44.3 Å². The normalized spacial score (nSPS) is 25.2. The lowest BCUT2D eigenvalue weighted by Gasteiger charge is -2.53. The van der Waals surface area contributed by atoms with Crippen LogP contribution in [0.25, 0.3) is 21.9 Å². The van der Waals surface area contributed by atoms with Crippen LogP contribution in [0, 0.1) is 18.7 Å². The number of rotatable bonds is 3. The second-order valence-electron chi connectivity index (χ2n) is 9.27. The van der Waals surface area contributed by atoms with Gasteiger partial charge in [-0.15, -0.1) is 0 Å². The molecule has 3 aromatic heterocycles. The van der Waals surface area contributed by atoms with Crippen LogP contribution in [-0.2, 0) is 6.42 Å². The Morgan fingerprint density at radius 2 is 2.00 bits per heavy atom. The predicted molar refractivity (Wildman–Crippen MR) is 122 cm³/mol. The molecule has 0 bridgehead atoms. The molecule has 0 amide bonds. The average molecular weight is 446 g/mol. The number of fused-ring (bicyclic) bond motifs is 5. The van der Waals surface area contributed by atoms with Gasteiger partial charge in [0, 0.05) is 42.0 Å². The minimum Gasteiger partial charge on any atom is -0.421 e. The summed E-state index contributed by atoms with van der Waals surface area (Å²) in [4.78, 5) is 23.6. The molecule has 3 aliphatic rings. The van der Waals surface area contributed by atoms with Crippen LogP contribution in [0.15, 0.2) is 18.5 Å². The van der Waals surface area contributed by atoms with Crippen molar-refractivity contribution in [1.29, 1.82) is 0 Å². The molecule has 9 nitrogen and oxygen atoms in total. The van der Waals surface area contributed by atoms with Crippen LogP contribution < -0.4 is 20.7 Å². The summed E-state index contributed by atoms with van der Waals surface area (Å²) in [6.45, 7) is 1.81. The van der Waals surface area contributed by atoms with Gasteiger partial charge in [0.05, 0.1) is 29.0 Å². The standard InChI is InChI=1S/C23H23FN8O/c1-9-27-7-11(8-28-9)33-23-30-21-19-18-12(14(24)6-15(26-2)20(18)29-21)5-17-13-3-10(25)4-16(13)32(17)22(19)31-23/h6-8,10,13,16-17,26H,3-5,25H2,1-2H3,(H,29,30,31). The van der Waals surface area contributed by atoms with Gasteiger partial charge in [-0.1, -0.05) is 0 Å². The first-order chi connectivity index (χ1) is 16.0. The summed E-state index contributed by atoms with van der Waals surface area (Å²) < 4.78 is 21.3. The molecule has 168 valence electrons. The molecule has 1 saturated carbocycles. The van der Waals surface area contributed by atoms with Crippen LogP contribution in [0.1, 0.15) is 24.2 Å². The van der Waals surface area contributed by atoms with E-state index in [9.17, 15) is 0 Å². The Labute approximate surface area is 188 Å². The molecule has 4 atom stereocenters. The maximum atomic E-state index is 15.4. The van der Waals surface area contributed by atoms with Crippen molar-refractivity contribution >= 4 is 33.4 Å². The van der Waals surface area contributed by atoms with Gasteiger partial charge in [-0.3, -0.25) is 0 Å². The van der Waals surface area contributed by atoms with Crippen molar-refractivity contribution in [1.82, 2.24) is 24.9 Å². The zero-order chi connectivity index (χ0) is 22.4. The molecular formula is C23H23FN8O. The number of nitrogens with one attached hydrogen (secondary N) is 2. The first kappa shape index (κ1) is 19.0. The molecule has 4 aromatic rings. The van der Waals surface area contributed by atoms with Gasteiger partial charge < -0.3 is 25.7 Å². The summed E-state index contributed by atoms with van der Waals surface area (Å²) in [6, 6.07) is 2.38. The summed E-state index contributed by atoms with van der Waals surface area (Å²) >= 11 is 0. The summed E-state index contributed by atoms with van der Waals surface area (Å²) in [6.07, 6.45) is 5.68. The lowest BCUT2D eigenvalue weighted by molar-refractivity contribution is 0.233. The Kier molecular flexibility index (Phi) is 3.74. The van der Waals surface area contributed by atoms with Gasteiger partial charge in [0.2, 0.25) is 0 Å². The van der Waals surface area contributed by atoms with E-state index < -0.39 is 0 Å². The molecule has 5 heterocycles. The van der Waals surface area contributed by atoms with Gasteiger partial charge in [-0.05, 0) is 32.3 Å². The van der Waals surface area contributed by atoms with E-state index in [2.05, 4.69) is 30.2 Å². The monoisotopic (exact) mass is 446 g/mol. The van der Waals surface area contributed by atoms with Crippen LogP contribution in [-0.4, -0.2) is 50.1 Å². The molecule has 1 aromatic carbocycles. The SMILES string of the molecule is CNc1cc(F)c2c3c1[nH]c1nc(Oc4cnc(C)nc4)nc(c13)N1C(C2)C2CC(N)CC21. The maximum Gasteiger partial charge on any atom is 0.326 e. The molecule has 2 fully saturated rings. The van der Waals surface area contributed by atoms with Crippen LogP contribution in [0.2, 0.25) is 0 Å². The van der Waals surface area contributed by atoms with Gasteiger partial charge in [0.1, 0.15) is 23.1 Å². The number of ether oxygens (including phenoxy) is 1. The van der Waals surface area contributed by atoms with Crippen molar-refractivity contribution in [3.05, 3.63) is 35.7 Å². The van der Waals surface area contributed by atoms with E-state index in [1.807, 2.05) is 6.92 Å². The molecule has 4 unspecified atom stereocenters. The summed E-state index contributed by atoms with van der Waals surface area (Å²) in [7, 11) is 1.79. The third kappa shape index (κ3) is 2.55. The topological polar surface area (TPSA) is 118 Å². The van der Waals surface area contributed by atoms with Gasteiger partial charge >= 0.3 is 6.01 Å². The van der Waals surface area contributed by atoms with Gasteiger partial charge in [0.15, 0.2) is 5.75 Å². The number of hydrogen-bond acceptors (Lipinski definition) is 8. The third-order valence-electron chi connectivity index (χ3n) is 7.46. The molecular weight excluding hydrogens is 423 g/mol. The number of nitrogens with zero attached hydrogens (tertiary/aromatic N) is 5. The first-order valence-corrected chi connectivity index (χ1v) is 11.2. The minimum atomic E-state index is -0.205. The Hall–Kier alpha value is -3.53. The van der Waals surface area contributed by atoms with Gasteiger partial charge in [-0.2, -0.15) is 9.97 Å². The van der Waals surface area contributed by atoms with E-state index in [1.54, 1.807) is 25.5 Å². The molecule has 0 spiro atoms. The molecule has 4 N–H and O–H groups in total. The van der Waals surface area contributed by atoms with Crippen molar-refractivity contribution in [3.8, 4) is 11.8 Å². The van der Waals surface area contributed by atoms with Crippen molar-refractivity contribution in [2.24, 2.45) is 11.7 Å². The fraction of sp³-hybridized carbons (Fsp3) is 0.391. The number of aryl methyl sites for hydroxylation is 1. The highest BCUT2D eigenvalue weighted by Crippen LogP contribution is 2.53. The van der Waals surface area contributed by atoms with Gasteiger partial charge in [-0.25, -0.2) is 14.4 Å². The van der Waals surface area contributed by atoms with Crippen LogP contribution >= 0.6 is 0 Å². The van der Waals surface area contributed by atoms with Crippen LogP contribution in [0.3, 0.4) is 0 Å². The highest BCUT2D eigenvalue weighted by Gasteiger charge is 2.55. The van der Waals surface area contributed by atoms with E-state index in [0.29, 0.717) is 46.9 Å². The Morgan fingerprint density at radius 1 is 1.18 bits per heavy atom. The number of hydrogen-bond donors (Lipinski definition) is 3. The number of anilines is 2. The molecule has 1 saturated heterocycles. The second kappa shape index (κ2) is 6.50. The number of halogens is 1. The fourth-order valence-corrected chi connectivity index (χ4v) is 6.08. The summed E-state index contributed by atoms with van der Waals surface area (Å²) in [5, 5.41) is 4.80. The van der Waals surface area contributed by atoms with Crippen LogP contribution in [0.4, 0.5) is 15.9 Å². The van der Waals surface area contributed by atoms with Crippen molar-refractivity contribution in [3.63, 3.8) is 0 Å². The average Bonchev–Trinajstić information content (AvgIpc) is 3.29. The Balaban J connectivity index is 1.48. The van der Waals surface area contributed by atoms with Crippen LogP contribution in [0.5, 0.6) is 11.8 Å². The highest BCUT2D eigenvalue weighted by molar-refractivity contribution is 6.17. The molecule has 10 heteroatoms. The highest BCUT2D eigenvalue weighted by atomic mass is 19.1. The zero-order valence-electron chi connectivity index (χ0n) is 18.3. The zero-order valence-corrected chi connectivity index (χ0v) is 18.3. The van der Waals surface area contributed by atoms with Crippen molar-refractivity contribution in [2.75, 3.05) is 17.3 Å². The molecule has 7 rings (SSSR count). The van der Waals surface area contributed by atoms with E-state index in [0.717, 1.165) is 34.9 Å². The summed E-state index contributed by atoms with van der Waals surface area (Å²) in [5.41, 5.74) is 9.18. The maximum absolute atomic E-state index is 15.4. The Morgan fingerprint density at radius 3 is 2.79 bits per heavy atom. The number of aromatic nitrogens is 5.